The molecule has 0 atom stereocenters. The van der Waals surface area contributed by atoms with Gasteiger partial charge in [-0.3, -0.25) is 4.79 Å². The van der Waals surface area contributed by atoms with Crippen molar-refractivity contribution >= 4 is 11.6 Å². The van der Waals surface area contributed by atoms with E-state index in [1.807, 2.05) is 32.0 Å². The van der Waals surface area contributed by atoms with Crippen molar-refractivity contribution in [2.75, 3.05) is 5.32 Å². The fourth-order valence-electron chi connectivity index (χ4n) is 1.44. The molecule has 6 nitrogen and oxygen atoms in total. The molecule has 0 aliphatic heterocycles. The molecular formula is C10H11N5O. The largest absolute Gasteiger partial charge is 0.319 e. The van der Waals surface area contributed by atoms with Crippen LogP contribution in [0.5, 0.6) is 0 Å². The first-order valence-electron chi connectivity index (χ1n) is 4.79. The first kappa shape index (κ1) is 10.3. The Morgan fingerprint density at radius 3 is 2.56 bits per heavy atom. The van der Waals surface area contributed by atoms with Crippen molar-refractivity contribution in [1.29, 1.82) is 0 Å². The van der Waals surface area contributed by atoms with Gasteiger partial charge in [0.25, 0.3) is 11.7 Å². The van der Waals surface area contributed by atoms with Gasteiger partial charge in [0.2, 0.25) is 0 Å². The summed E-state index contributed by atoms with van der Waals surface area (Å²) in [4.78, 5) is 11.7. The van der Waals surface area contributed by atoms with Gasteiger partial charge >= 0.3 is 0 Å². The Hall–Kier alpha value is -2.24. The van der Waals surface area contributed by atoms with E-state index in [1.54, 1.807) is 0 Å². The minimum atomic E-state index is -0.369. The molecule has 2 aromatic rings. The number of aromatic amines is 1. The molecule has 0 radical (unpaired) electrons. The summed E-state index contributed by atoms with van der Waals surface area (Å²) in [6, 6.07) is 5.80. The predicted octanol–water partition coefficient (Wildman–Crippen LogP) is 1.07. The highest BCUT2D eigenvalue weighted by atomic mass is 16.2. The molecule has 1 heterocycles. The summed E-state index contributed by atoms with van der Waals surface area (Å²) in [5, 5.41) is 15.5. The van der Waals surface area contributed by atoms with Crippen LogP contribution < -0.4 is 5.32 Å². The molecule has 1 amide bonds. The van der Waals surface area contributed by atoms with Crippen LogP contribution in [-0.4, -0.2) is 26.5 Å². The molecule has 2 rings (SSSR count). The summed E-state index contributed by atoms with van der Waals surface area (Å²) in [5.41, 5.74) is 2.78. The third-order valence-electron chi connectivity index (χ3n) is 2.27. The number of aryl methyl sites for hydroxylation is 2. The first-order chi connectivity index (χ1) is 7.68. The highest BCUT2D eigenvalue weighted by Gasteiger charge is 2.12. The number of para-hydroxylation sites is 1. The van der Waals surface area contributed by atoms with Crippen molar-refractivity contribution in [1.82, 2.24) is 20.6 Å². The number of nitrogens with zero attached hydrogens (tertiary/aromatic N) is 3. The van der Waals surface area contributed by atoms with Crippen molar-refractivity contribution in [2.45, 2.75) is 13.8 Å². The molecule has 0 unspecified atom stereocenters. The van der Waals surface area contributed by atoms with E-state index < -0.39 is 0 Å². The third-order valence-corrected chi connectivity index (χ3v) is 2.27. The lowest BCUT2D eigenvalue weighted by Gasteiger charge is -2.09. The molecule has 0 aliphatic rings. The molecule has 6 heteroatoms. The number of hydrogen-bond donors (Lipinski definition) is 2. The van der Waals surface area contributed by atoms with Crippen molar-refractivity contribution in [3.05, 3.63) is 35.2 Å². The maximum atomic E-state index is 11.7. The standard InChI is InChI=1S/C10H11N5O/c1-6-4-3-5-7(2)8(6)11-10(16)9-12-14-15-13-9/h3-5H,1-2H3,(H,11,16)(H,12,13,14,15). The lowest BCUT2D eigenvalue weighted by molar-refractivity contribution is 0.101. The number of amides is 1. The Labute approximate surface area is 92.1 Å². The van der Waals surface area contributed by atoms with Gasteiger partial charge in [0.05, 0.1) is 0 Å². The fourth-order valence-corrected chi connectivity index (χ4v) is 1.44. The van der Waals surface area contributed by atoms with E-state index in [9.17, 15) is 4.79 Å². The summed E-state index contributed by atoms with van der Waals surface area (Å²) in [5.74, 6) is -0.339. The van der Waals surface area contributed by atoms with E-state index in [-0.39, 0.29) is 11.7 Å². The SMILES string of the molecule is Cc1cccc(C)c1NC(=O)c1nn[nH]n1. The molecule has 82 valence electrons. The number of nitrogens with one attached hydrogen (secondary N) is 2. The molecule has 0 bridgehead atoms. The number of rotatable bonds is 2. The summed E-state index contributed by atoms with van der Waals surface area (Å²) < 4.78 is 0. The molecule has 0 aliphatic carbocycles. The minimum absolute atomic E-state index is 0.0302. The number of benzene rings is 1. The van der Waals surface area contributed by atoms with Crippen molar-refractivity contribution < 1.29 is 4.79 Å². The van der Waals surface area contributed by atoms with Crippen molar-refractivity contribution in [3.8, 4) is 0 Å². The average molecular weight is 217 g/mol. The molecule has 0 spiro atoms. The lowest BCUT2D eigenvalue weighted by atomic mass is 10.1. The van der Waals surface area contributed by atoms with Gasteiger partial charge in [-0.15, -0.1) is 10.2 Å². The summed E-state index contributed by atoms with van der Waals surface area (Å²) in [6.45, 7) is 3.86. The van der Waals surface area contributed by atoms with Crippen molar-refractivity contribution in [2.24, 2.45) is 0 Å². The van der Waals surface area contributed by atoms with Crippen LogP contribution in [0.3, 0.4) is 0 Å². The van der Waals surface area contributed by atoms with Crippen LogP contribution in [0.4, 0.5) is 5.69 Å². The Bertz CT molecular complexity index is 486. The Kier molecular flexibility index (Phi) is 2.63. The molecular weight excluding hydrogens is 206 g/mol. The first-order valence-corrected chi connectivity index (χ1v) is 4.79. The van der Waals surface area contributed by atoms with E-state index in [0.717, 1.165) is 16.8 Å². The van der Waals surface area contributed by atoms with Crippen LogP contribution in [0.25, 0.3) is 0 Å². The molecule has 0 fully saturated rings. The maximum Gasteiger partial charge on any atom is 0.297 e. The van der Waals surface area contributed by atoms with Crippen LogP contribution in [0.1, 0.15) is 21.7 Å². The molecule has 1 aromatic heterocycles. The number of aromatic nitrogens is 4. The summed E-state index contributed by atoms with van der Waals surface area (Å²) in [7, 11) is 0. The van der Waals surface area contributed by atoms with Crippen LogP contribution in [-0.2, 0) is 0 Å². The lowest BCUT2D eigenvalue weighted by Crippen LogP contribution is -2.15. The van der Waals surface area contributed by atoms with Crippen LogP contribution >= 0.6 is 0 Å². The highest BCUT2D eigenvalue weighted by molar-refractivity contribution is 6.02. The number of carbonyl (C=O) groups excluding carboxylic acids is 1. The van der Waals surface area contributed by atoms with Gasteiger partial charge in [-0.05, 0) is 30.2 Å². The third kappa shape index (κ3) is 1.90. The second kappa shape index (κ2) is 4.09. The summed E-state index contributed by atoms with van der Waals surface area (Å²) >= 11 is 0. The van der Waals surface area contributed by atoms with Gasteiger partial charge in [-0.2, -0.15) is 5.21 Å². The second-order valence-electron chi connectivity index (χ2n) is 3.46. The van der Waals surface area contributed by atoms with Gasteiger partial charge in [0.1, 0.15) is 0 Å². The normalized spacial score (nSPS) is 10.1. The molecule has 16 heavy (non-hydrogen) atoms. The molecule has 0 saturated heterocycles. The average Bonchev–Trinajstić information content (AvgIpc) is 2.76. The van der Waals surface area contributed by atoms with E-state index >= 15 is 0 Å². The van der Waals surface area contributed by atoms with Crippen LogP contribution in [0.2, 0.25) is 0 Å². The quantitative estimate of drug-likeness (QED) is 0.788. The van der Waals surface area contributed by atoms with Crippen LogP contribution in [0.15, 0.2) is 18.2 Å². The fraction of sp³-hybridized carbons (Fsp3) is 0.200. The zero-order valence-electron chi connectivity index (χ0n) is 8.98. The number of carbonyl (C=O) groups is 1. The molecule has 1 aromatic carbocycles. The number of H-pyrrole nitrogens is 1. The Morgan fingerprint density at radius 2 is 2.00 bits per heavy atom. The van der Waals surface area contributed by atoms with Crippen LogP contribution in [0, 0.1) is 13.8 Å². The molecule has 2 N–H and O–H groups in total. The van der Waals surface area contributed by atoms with Gasteiger partial charge in [0.15, 0.2) is 0 Å². The summed E-state index contributed by atoms with van der Waals surface area (Å²) in [6.07, 6.45) is 0. The van der Waals surface area contributed by atoms with E-state index in [2.05, 4.69) is 25.9 Å². The monoisotopic (exact) mass is 217 g/mol. The van der Waals surface area contributed by atoms with Gasteiger partial charge in [-0.1, -0.05) is 18.2 Å². The zero-order chi connectivity index (χ0) is 11.5. The Balaban J connectivity index is 2.25. The topological polar surface area (TPSA) is 83.6 Å². The smallest absolute Gasteiger partial charge is 0.297 e. The number of hydrogen-bond acceptors (Lipinski definition) is 4. The Morgan fingerprint density at radius 1 is 1.31 bits per heavy atom. The van der Waals surface area contributed by atoms with Crippen molar-refractivity contribution in [3.63, 3.8) is 0 Å². The second-order valence-corrected chi connectivity index (χ2v) is 3.46. The van der Waals surface area contributed by atoms with Gasteiger partial charge < -0.3 is 5.32 Å². The van der Waals surface area contributed by atoms with Gasteiger partial charge in [0, 0.05) is 5.69 Å². The molecule has 0 saturated carbocycles. The predicted molar refractivity (Wildman–Crippen MR) is 58.0 cm³/mol. The minimum Gasteiger partial charge on any atom is -0.319 e. The highest BCUT2D eigenvalue weighted by Crippen LogP contribution is 2.19. The van der Waals surface area contributed by atoms with E-state index in [4.69, 9.17) is 0 Å². The number of tetrazole rings is 1. The zero-order valence-corrected chi connectivity index (χ0v) is 8.98. The van der Waals surface area contributed by atoms with E-state index in [0.29, 0.717) is 0 Å². The maximum absolute atomic E-state index is 11.7. The number of anilines is 1. The van der Waals surface area contributed by atoms with Gasteiger partial charge in [-0.25, -0.2) is 0 Å². The van der Waals surface area contributed by atoms with E-state index in [1.165, 1.54) is 0 Å².